The fraction of sp³-hybridized carbons (Fsp3) is 0.375. The van der Waals surface area contributed by atoms with Crippen molar-refractivity contribution >= 4 is 37.2 Å². The summed E-state index contributed by atoms with van der Waals surface area (Å²) < 4.78 is 16.3. The third kappa shape index (κ3) is 3.74. The first-order valence-corrected chi connectivity index (χ1v) is 7.60. The molecule has 0 radical (unpaired) electrons. The number of rotatable bonds is 6. The number of hydrogen-bond donors (Lipinski definition) is 3. The minimum atomic E-state index is -3.93. The molecule has 1 aromatic heterocycles. The summed E-state index contributed by atoms with van der Waals surface area (Å²) in [7, 11) is -3.93. The number of hydrogen-bond acceptors (Lipinski definition) is 6. The fourth-order valence-corrected chi connectivity index (χ4v) is 3.04. The molecule has 9 heteroatoms. The average Bonchev–Trinajstić information content (AvgIpc) is 2.56. The van der Waals surface area contributed by atoms with E-state index in [1.54, 1.807) is 0 Å². The second kappa shape index (κ2) is 5.90. The van der Waals surface area contributed by atoms with Gasteiger partial charge in [-0.05, 0) is 24.7 Å². The quantitative estimate of drug-likeness (QED) is 0.323. The Morgan fingerprint density at radius 2 is 2.29 bits per heavy atom. The van der Waals surface area contributed by atoms with Gasteiger partial charge in [0.05, 0.1) is 11.0 Å². The zero-order chi connectivity index (χ0) is 13.1. The minimum Gasteiger partial charge on any atom is -0.493 e. The van der Waals surface area contributed by atoms with Gasteiger partial charge in [-0.15, -0.1) is 11.3 Å². The van der Waals surface area contributed by atoms with Crippen molar-refractivity contribution in [3.8, 4) is 5.88 Å². The van der Waals surface area contributed by atoms with Crippen LogP contribution >= 0.6 is 31.2 Å². The van der Waals surface area contributed by atoms with E-state index < -0.39 is 7.60 Å². The molecule has 3 N–H and O–H groups in total. The van der Waals surface area contributed by atoms with Gasteiger partial charge in [0.25, 0.3) is 0 Å². The second-order valence-electron chi connectivity index (χ2n) is 3.21. The predicted octanol–water partition coefficient (Wildman–Crippen LogP) is 2.69. The molecule has 96 valence electrons. The molecule has 0 bridgehead atoms. The molecule has 0 aliphatic carbocycles. The molecule has 6 nitrogen and oxygen atoms in total. The number of nitrogens with zero attached hydrogens (tertiary/aromatic N) is 1. The Balaban J connectivity index is 2.71. The summed E-state index contributed by atoms with van der Waals surface area (Å²) >= 11 is 6.23. The van der Waals surface area contributed by atoms with Crippen molar-refractivity contribution in [2.24, 2.45) is 0 Å². The molecular weight excluding hydrogens is 285 g/mol. The normalized spacial score (nSPS) is 14.5. The molecule has 0 saturated carbocycles. The van der Waals surface area contributed by atoms with Crippen LogP contribution in [0.4, 0.5) is 0 Å². The van der Waals surface area contributed by atoms with Crippen LogP contribution < -0.4 is 0 Å². The van der Waals surface area contributed by atoms with Crippen molar-refractivity contribution in [2.45, 2.75) is 13.0 Å². The molecule has 0 fully saturated rings. The van der Waals surface area contributed by atoms with Gasteiger partial charge in [-0.3, -0.25) is 9.13 Å². The van der Waals surface area contributed by atoms with Crippen LogP contribution in [0, 0.1) is 3.95 Å². The summed E-state index contributed by atoms with van der Waals surface area (Å²) in [5.74, 6) is -0.00677. The van der Waals surface area contributed by atoms with E-state index in [0.717, 1.165) is 0 Å². The highest BCUT2D eigenvalue weighted by molar-refractivity contribution is 7.73. The standard InChI is InChI=1S/C8H12NO5PS2/c1-2-6-7(10)9(8(16)17-6)4-3-5-15(12,13)14-11/h2,10-11H,1,3-5H2,(H,12,13). The van der Waals surface area contributed by atoms with Crippen molar-refractivity contribution < 1.29 is 24.5 Å². The summed E-state index contributed by atoms with van der Waals surface area (Å²) in [6.45, 7) is 3.80. The first kappa shape index (κ1) is 14.6. The Morgan fingerprint density at radius 1 is 1.65 bits per heavy atom. The molecule has 1 unspecified atom stereocenters. The molecule has 0 aliphatic heterocycles. The second-order valence-corrected chi connectivity index (χ2v) is 6.77. The molecular formula is C8H12NO5PS2. The van der Waals surface area contributed by atoms with E-state index in [4.69, 9.17) is 22.4 Å². The Morgan fingerprint density at radius 3 is 2.76 bits per heavy atom. The molecule has 1 atom stereocenters. The third-order valence-electron chi connectivity index (χ3n) is 2.03. The van der Waals surface area contributed by atoms with Crippen molar-refractivity contribution in [1.29, 1.82) is 0 Å². The van der Waals surface area contributed by atoms with Crippen LogP contribution in [0.3, 0.4) is 0 Å². The van der Waals surface area contributed by atoms with Crippen molar-refractivity contribution in [3.63, 3.8) is 0 Å². The Kier molecular flexibility index (Phi) is 5.05. The average molecular weight is 297 g/mol. The monoisotopic (exact) mass is 297 g/mol. The van der Waals surface area contributed by atoms with Crippen molar-refractivity contribution in [2.75, 3.05) is 6.16 Å². The predicted molar refractivity (Wildman–Crippen MR) is 67.9 cm³/mol. The summed E-state index contributed by atoms with van der Waals surface area (Å²) in [4.78, 5) is 9.52. The highest BCUT2D eigenvalue weighted by Crippen LogP contribution is 2.41. The van der Waals surface area contributed by atoms with Crippen molar-refractivity contribution in [1.82, 2.24) is 4.57 Å². The molecule has 0 saturated heterocycles. The van der Waals surface area contributed by atoms with Crippen molar-refractivity contribution in [3.05, 3.63) is 15.4 Å². The largest absolute Gasteiger partial charge is 0.493 e. The van der Waals surface area contributed by atoms with E-state index in [1.807, 2.05) is 0 Å². The van der Waals surface area contributed by atoms with Gasteiger partial charge in [-0.1, -0.05) is 6.58 Å². The van der Waals surface area contributed by atoms with Gasteiger partial charge >= 0.3 is 7.60 Å². The molecule has 17 heavy (non-hydrogen) atoms. The molecule has 0 aromatic carbocycles. The van der Waals surface area contributed by atoms with Crippen LogP contribution in [0.2, 0.25) is 0 Å². The lowest BCUT2D eigenvalue weighted by Gasteiger charge is -2.07. The highest BCUT2D eigenvalue weighted by atomic mass is 32.1. The molecule has 0 aliphatic rings. The van der Waals surface area contributed by atoms with Gasteiger partial charge in [-0.2, -0.15) is 4.67 Å². The zero-order valence-corrected chi connectivity index (χ0v) is 11.3. The van der Waals surface area contributed by atoms with Crippen LogP contribution in [-0.4, -0.2) is 26.0 Å². The molecule has 0 spiro atoms. The van der Waals surface area contributed by atoms with E-state index in [9.17, 15) is 9.67 Å². The lowest BCUT2D eigenvalue weighted by Crippen LogP contribution is -2.01. The topological polar surface area (TPSA) is 91.9 Å². The van der Waals surface area contributed by atoms with Gasteiger partial charge in [-0.25, -0.2) is 5.26 Å². The van der Waals surface area contributed by atoms with Crippen LogP contribution in [0.15, 0.2) is 6.58 Å². The number of thiazole rings is 1. The van der Waals surface area contributed by atoms with E-state index in [2.05, 4.69) is 11.3 Å². The Bertz CT molecular complexity index is 509. The molecule has 0 amide bonds. The molecule has 1 heterocycles. The molecule has 1 rings (SSSR count). The number of aromatic nitrogens is 1. The van der Waals surface area contributed by atoms with E-state index in [0.29, 0.717) is 8.83 Å². The molecule has 1 aromatic rings. The van der Waals surface area contributed by atoms with E-state index >= 15 is 0 Å². The Labute approximate surface area is 107 Å². The third-order valence-corrected chi connectivity index (χ3v) is 4.60. The lowest BCUT2D eigenvalue weighted by molar-refractivity contribution is -0.145. The van der Waals surface area contributed by atoms with E-state index in [1.165, 1.54) is 22.0 Å². The summed E-state index contributed by atoms with van der Waals surface area (Å²) in [6.07, 6.45) is 1.51. The van der Waals surface area contributed by atoms with Gasteiger partial charge in [0.1, 0.15) is 0 Å². The van der Waals surface area contributed by atoms with Gasteiger partial charge in [0, 0.05) is 6.54 Å². The van der Waals surface area contributed by atoms with Crippen LogP contribution in [0.25, 0.3) is 6.08 Å². The lowest BCUT2D eigenvalue weighted by atomic mass is 10.4. The highest BCUT2D eigenvalue weighted by Gasteiger charge is 2.19. The first-order chi connectivity index (χ1) is 7.91. The summed E-state index contributed by atoms with van der Waals surface area (Å²) in [6, 6.07) is 0. The van der Waals surface area contributed by atoms with Gasteiger partial charge in [0.2, 0.25) is 5.88 Å². The van der Waals surface area contributed by atoms with Gasteiger partial charge < -0.3 is 10.00 Å². The zero-order valence-electron chi connectivity index (χ0n) is 8.77. The van der Waals surface area contributed by atoms with E-state index in [-0.39, 0.29) is 25.0 Å². The SMILES string of the molecule is C=Cc1sc(=S)n(CCCP(=O)(O)OO)c1O. The first-order valence-electron chi connectivity index (χ1n) is 4.61. The minimum absolute atomic E-state index is 0.00677. The smallest absolute Gasteiger partial charge is 0.355 e. The van der Waals surface area contributed by atoms with Gasteiger partial charge in [0.15, 0.2) is 3.95 Å². The van der Waals surface area contributed by atoms with Crippen LogP contribution in [-0.2, 0) is 15.8 Å². The van der Waals surface area contributed by atoms with Crippen LogP contribution in [0.1, 0.15) is 11.3 Å². The maximum Gasteiger partial charge on any atom is 0.355 e. The fourth-order valence-electron chi connectivity index (χ4n) is 1.21. The maximum atomic E-state index is 11.0. The summed E-state index contributed by atoms with van der Waals surface area (Å²) in [5, 5.41) is 17.9. The Hall–Kier alpha value is -0.500. The summed E-state index contributed by atoms with van der Waals surface area (Å²) in [5.41, 5.74) is 0. The maximum absolute atomic E-state index is 11.0. The van der Waals surface area contributed by atoms with Crippen LogP contribution in [0.5, 0.6) is 5.88 Å². The number of aromatic hydroxyl groups is 1.